The van der Waals surface area contributed by atoms with E-state index in [0.717, 1.165) is 64.3 Å². The molecule has 3 saturated heterocycles. The third-order valence-corrected chi connectivity index (χ3v) is 7.36. The van der Waals surface area contributed by atoms with E-state index in [-0.39, 0.29) is 0 Å². The molecular formula is C17H27NO3S. The summed E-state index contributed by atoms with van der Waals surface area (Å²) >= 11 is 2.04. The van der Waals surface area contributed by atoms with Crippen LogP contribution in [-0.4, -0.2) is 60.3 Å². The molecule has 0 unspecified atom stereocenters. The van der Waals surface area contributed by atoms with E-state index in [1.54, 1.807) is 0 Å². The minimum Gasteiger partial charge on any atom is -0.381 e. The van der Waals surface area contributed by atoms with Crippen molar-refractivity contribution in [2.24, 2.45) is 17.8 Å². The largest absolute Gasteiger partial charge is 0.381 e. The Balaban J connectivity index is 1.19. The van der Waals surface area contributed by atoms with E-state index < -0.39 is 0 Å². The van der Waals surface area contributed by atoms with E-state index in [9.17, 15) is 4.79 Å². The van der Waals surface area contributed by atoms with Crippen molar-refractivity contribution in [3.05, 3.63) is 0 Å². The number of rotatable bonds is 4. The summed E-state index contributed by atoms with van der Waals surface area (Å²) < 4.78 is 11.9. The summed E-state index contributed by atoms with van der Waals surface area (Å²) in [4.78, 5) is 14.3. The molecule has 3 atom stereocenters. The van der Waals surface area contributed by atoms with Gasteiger partial charge in [0.15, 0.2) is 0 Å². The average molecular weight is 325 g/mol. The predicted molar refractivity (Wildman–Crippen MR) is 86.9 cm³/mol. The summed E-state index contributed by atoms with van der Waals surface area (Å²) in [6, 6.07) is 0. The third-order valence-electron chi connectivity index (χ3n) is 5.78. The van der Waals surface area contributed by atoms with Crippen molar-refractivity contribution in [3.63, 3.8) is 0 Å². The molecule has 1 spiro atoms. The molecule has 1 saturated carbocycles. The van der Waals surface area contributed by atoms with E-state index in [1.165, 1.54) is 0 Å². The fourth-order valence-electron chi connectivity index (χ4n) is 4.02. The van der Waals surface area contributed by atoms with Crippen LogP contribution in [0.5, 0.6) is 0 Å². The van der Waals surface area contributed by atoms with Gasteiger partial charge in [0.05, 0.1) is 10.9 Å². The molecule has 0 aromatic carbocycles. The van der Waals surface area contributed by atoms with Crippen LogP contribution < -0.4 is 0 Å². The summed E-state index contributed by atoms with van der Waals surface area (Å²) in [7, 11) is 0. The summed E-state index contributed by atoms with van der Waals surface area (Å²) in [5.41, 5.74) is 0. The zero-order valence-electron chi connectivity index (χ0n) is 13.5. The lowest BCUT2D eigenvalue weighted by Crippen LogP contribution is -2.61. The van der Waals surface area contributed by atoms with Crippen LogP contribution in [0, 0.1) is 17.8 Å². The van der Waals surface area contributed by atoms with Crippen LogP contribution in [0.15, 0.2) is 0 Å². The molecule has 3 heterocycles. The topological polar surface area (TPSA) is 38.8 Å². The summed E-state index contributed by atoms with van der Waals surface area (Å²) in [5.74, 6) is 3.15. The van der Waals surface area contributed by atoms with Crippen LogP contribution in [-0.2, 0) is 14.3 Å². The van der Waals surface area contributed by atoms with Crippen molar-refractivity contribution in [1.82, 2.24) is 4.90 Å². The first-order valence-electron chi connectivity index (χ1n) is 8.77. The number of likely N-dealkylation sites (tertiary alicyclic amines) is 1. The summed E-state index contributed by atoms with van der Waals surface area (Å²) in [5, 5.41) is 0. The number of nitrogens with zero attached hydrogens (tertiary/aromatic N) is 1. The molecule has 4 nitrogen and oxygen atoms in total. The number of carbonyl (C=O) groups is 1. The molecule has 124 valence electrons. The van der Waals surface area contributed by atoms with Crippen molar-refractivity contribution >= 4 is 17.7 Å². The second kappa shape index (κ2) is 5.99. The molecule has 0 bridgehead atoms. The van der Waals surface area contributed by atoms with E-state index in [4.69, 9.17) is 9.47 Å². The van der Waals surface area contributed by atoms with Crippen LogP contribution >= 0.6 is 11.8 Å². The lowest BCUT2D eigenvalue weighted by atomic mass is 9.92. The molecule has 4 aliphatic rings. The number of carbonyl (C=O) groups excluding carboxylic acids is 1. The van der Waals surface area contributed by atoms with Crippen LogP contribution in [0.4, 0.5) is 0 Å². The maximum absolute atomic E-state index is 12.2. The SMILES string of the molecule is C[C@@H]1C[C@H]1C(=O)N1CC2(C[C@@H](OCC3CCOCC3)CS2)C1. The molecule has 0 N–H and O–H groups in total. The molecule has 1 amide bonds. The summed E-state index contributed by atoms with van der Waals surface area (Å²) in [6.45, 7) is 6.78. The minimum atomic E-state index is 0.314. The van der Waals surface area contributed by atoms with Gasteiger partial charge in [-0.2, -0.15) is 0 Å². The fourth-order valence-corrected chi connectivity index (χ4v) is 5.57. The minimum absolute atomic E-state index is 0.314. The van der Waals surface area contributed by atoms with Gasteiger partial charge >= 0.3 is 0 Å². The van der Waals surface area contributed by atoms with Crippen molar-refractivity contribution in [2.45, 2.75) is 43.5 Å². The number of hydrogen-bond donors (Lipinski definition) is 0. The van der Waals surface area contributed by atoms with E-state index in [1.807, 2.05) is 11.8 Å². The Hall–Kier alpha value is -0.260. The van der Waals surface area contributed by atoms with Gasteiger partial charge in [-0.15, -0.1) is 11.8 Å². The molecule has 3 aliphatic heterocycles. The molecule has 0 aromatic rings. The van der Waals surface area contributed by atoms with Gasteiger partial charge in [-0.1, -0.05) is 6.92 Å². The van der Waals surface area contributed by atoms with Gasteiger partial charge < -0.3 is 14.4 Å². The highest BCUT2D eigenvalue weighted by atomic mass is 32.2. The Bertz CT molecular complexity index is 432. The molecule has 22 heavy (non-hydrogen) atoms. The van der Waals surface area contributed by atoms with Crippen molar-refractivity contribution in [1.29, 1.82) is 0 Å². The lowest BCUT2D eigenvalue weighted by molar-refractivity contribution is -0.138. The number of amides is 1. The van der Waals surface area contributed by atoms with Crippen LogP contribution in [0.1, 0.15) is 32.6 Å². The third kappa shape index (κ3) is 3.04. The average Bonchev–Trinajstić information content (AvgIpc) is 3.08. The molecule has 4 fully saturated rings. The smallest absolute Gasteiger partial charge is 0.226 e. The van der Waals surface area contributed by atoms with Crippen LogP contribution in [0.3, 0.4) is 0 Å². The summed E-state index contributed by atoms with van der Waals surface area (Å²) in [6.07, 6.45) is 4.92. The standard InChI is InChI=1S/C17H27NO3S/c1-12-6-15(12)16(19)18-10-17(11-18)7-14(9-22-17)21-8-13-2-4-20-5-3-13/h12-15H,2-11H2,1H3/t12-,14-,15-/m1/s1. The zero-order chi connectivity index (χ0) is 15.2. The highest BCUT2D eigenvalue weighted by molar-refractivity contribution is 8.01. The first-order chi connectivity index (χ1) is 10.7. The predicted octanol–water partition coefficient (Wildman–Crippen LogP) is 2.17. The van der Waals surface area contributed by atoms with Gasteiger partial charge in [0.25, 0.3) is 0 Å². The van der Waals surface area contributed by atoms with Crippen molar-refractivity contribution < 1.29 is 14.3 Å². The van der Waals surface area contributed by atoms with Gasteiger partial charge in [0.1, 0.15) is 0 Å². The Morgan fingerprint density at radius 2 is 2.09 bits per heavy atom. The Labute approximate surface area is 137 Å². The van der Waals surface area contributed by atoms with E-state index >= 15 is 0 Å². The zero-order valence-corrected chi connectivity index (χ0v) is 14.3. The molecule has 0 aromatic heterocycles. The van der Waals surface area contributed by atoms with Gasteiger partial charge in [-0.25, -0.2) is 0 Å². The normalized spacial score (nSPS) is 37.3. The second-order valence-corrected chi connectivity index (χ2v) is 9.21. The van der Waals surface area contributed by atoms with Gasteiger partial charge in [-0.3, -0.25) is 4.79 Å². The fraction of sp³-hybridized carbons (Fsp3) is 0.941. The van der Waals surface area contributed by atoms with Crippen molar-refractivity contribution in [2.75, 3.05) is 38.7 Å². The van der Waals surface area contributed by atoms with E-state index in [0.29, 0.717) is 34.5 Å². The monoisotopic (exact) mass is 325 g/mol. The number of thioether (sulfide) groups is 1. The Morgan fingerprint density at radius 1 is 1.36 bits per heavy atom. The Morgan fingerprint density at radius 3 is 2.77 bits per heavy atom. The lowest BCUT2D eigenvalue weighted by Gasteiger charge is -2.47. The highest BCUT2D eigenvalue weighted by Crippen LogP contribution is 2.48. The van der Waals surface area contributed by atoms with Crippen molar-refractivity contribution in [3.8, 4) is 0 Å². The van der Waals surface area contributed by atoms with Gasteiger partial charge in [-0.05, 0) is 37.5 Å². The first-order valence-corrected chi connectivity index (χ1v) is 9.76. The van der Waals surface area contributed by atoms with Gasteiger partial charge in [0, 0.05) is 44.6 Å². The molecule has 5 heteroatoms. The highest BCUT2D eigenvalue weighted by Gasteiger charge is 2.53. The van der Waals surface area contributed by atoms with Gasteiger partial charge in [0.2, 0.25) is 5.91 Å². The Kier molecular flexibility index (Phi) is 4.16. The van der Waals surface area contributed by atoms with Crippen LogP contribution in [0.2, 0.25) is 0 Å². The second-order valence-electron chi connectivity index (χ2n) is 7.72. The number of hydrogen-bond acceptors (Lipinski definition) is 4. The number of ether oxygens (including phenoxy) is 2. The quantitative estimate of drug-likeness (QED) is 0.794. The van der Waals surface area contributed by atoms with Crippen LogP contribution in [0.25, 0.3) is 0 Å². The van der Waals surface area contributed by atoms with E-state index in [2.05, 4.69) is 11.8 Å². The maximum Gasteiger partial charge on any atom is 0.226 e. The molecule has 0 radical (unpaired) electrons. The molecule has 1 aliphatic carbocycles. The molecule has 4 rings (SSSR count). The first kappa shape index (κ1) is 15.3. The maximum atomic E-state index is 12.2. The molecular weight excluding hydrogens is 298 g/mol.